The summed E-state index contributed by atoms with van der Waals surface area (Å²) in [5.74, 6) is 0.451. The lowest BCUT2D eigenvalue weighted by Gasteiger charge is -2.08. The van der Waals surface area contributed by atoms with Crippen molar-refractivity contribution in [2.24, 2.45) is 15.0 Å². The molecule has 1 heterocycles. The maximum Gasteiger partial charge on any atom is 0.0780 e. The quantitative estimate of drug-likeness (QED) is 0.575. The van der Waals surface area contributed by atoms with E-state index in [0.29, 0.717) is 5.92 Å². The minimum Gasteiger partial charge on any atom is -0.255 e. The Bertz CT molecular complexity index is 895. The third-order valence-corrected chi connectivity index (χ3v) is 4.47. The highest BCUT2D eigenvalue weighted by atomic mass is 14.8. The third-order valence-electron chi connectivity index (χ3n) is 4.47. The zero-order valence-corrected chi connectivity index (χ0v) is 15.9. The predicted octanol–water partition coefficient (Wildman–Crippen LogP) is 6.26. The molecular weight excluding hydrogens is 318 g/mol. The van der Waals surface area contributed by atoms with E-state index in [1.54, 1.807) is 0 Å². The second-order valence-electron chi connectivity index (χ2n) is 6.91. The molecule has 0 radical (unpaired) electrons. The van der Waals surface area contributed by atoms with Gasteiger partial charge in [0.15, 0.2) is 0 Å². The van der Waals surface area contributed by atoms with Gasteiger partial charge in [-0.05, 0) is 42.5 Å². The first-order valence-electron chi connectivity index (χ1n) is 9.05. The Morgan fingerprint density at radius 2 is 1.65 bits per heavy atom. The van der Waals surface area contributed by atoms with Crippen LogP contribution in [0.3, 0.4) is 0 Å². The van der Waals surface area contributed by atoms with Gasteiger partial charge in [-0.2, -0.15) is 0 Å². The van der Waals surface area contributed by atoms with E-state index in [1.807, 2.05) is 18.5 Å². The summed E-state index contributed by atoms with van der Waals surface area (Å²) < 4.78 is 0. The van der Waals surface area contributed by atoms with Gasteiger partial charge in [0.05, 0.1) is 29.0 Å². The molecule has 1 aliphatic heterocycles. The number of nitrogens with zero attached hydrogens (tertiary/aromatic N) is 3. The van der Waals surface area contributed by atoms with Crippen molar-refractivity contribution in [3.8, 4) is 0 Å². The lowest BCUT2D eigenvalue weighted by molar-refractivity contribution is 0.867. The van der Waals surface area contributed by atoms with E-state index in [1.165, 1.54) is 16.7 Å². The minimum absolute atomic E-state index is 0.451. The normalized spacial score (nSPS) is 14.5. The minimum atomic E-state index is 0.451. The Labute approximate surface area is 155 Å². The standard InChI is InChI=1S/C23H25N3/c1-16(2)21-10-5-6-11-22(21)24-14-19-12-13-20(26-19)15-25-23-17(3)8-7-9-18(23)4/h5-11,13-16H,12H2,1-4H3. The molecule has 0 fully saturated rings. The summed E-state index contributed by atoms with van der Waals surface area (Å²) >= 11 is 0. The van der Waals surface area contributed by atoms with Crippen LogP contribution in [0, 0.1) is 13.8 Å². The van der Waals surface area contributed by atoms with Crippen LogP contribution < -0.4 is 0 Å². The van der Waals surface area contributed by atoms with Crippen molar-refractivity contribution in [1.82, 2.24) is 0 Å². The van der Waals surface area contributed by atoms with Crippen molar-refractivity contribution in [2.45, 2.75) is 40.0 Å². The van der Waals surface area contributed by atoms with Crippen LogP contribution in [-0.4, -0.2) is 18.1 Å². The Morgan fingerprint density at radius 1 is 0.923 bits per heavy atom. The summed E-state index contributed by atoms with van der Waals surface area (Å²) in [6.45, 7) is 8.53. The first-order valence-corrected chi connectivity index (χ1v) is 9.05. The Hall–Kier alpha value is -2.81. The van der Waals surface area contributed by atoms with Gasteiger partial charge in [0.1, 0.15) is 0 Å². The average molecular weight is 343 g/mol. The molecule has 0 bridgehead atoms. The lowest BCUT2D eigenvalue weighted by atomic mass is 10.0. The fourth-order valence-corrected chi connectivity index (χ4v) is 3.01. The smallest absolute Gasteiger partial charge is 0.0780 e. The molecule has 0 unspecified atom stereocenters. The predicted molar refractivity (Wildman–Crippen MR) is 113 cm³/mol. The largest absolute Gasteiger partial charge is 0.255 e. The molecule has 26 heavy (non-hydrogen) atoms. The summed E-state index contributed by atoms with van der Waals surface area (Å²) in [6.07, 6.45) is 6.60. The second kappa shape index (κ2) is 8.05. The van der Waals surface area contributed by atoms with E-state index in [4.69, 9.17) is 0 Å². The topological polar surface area (TPSA) is 37.1 Å². The van der Waals surface area contributed by atoms with E-state index >= 15 is 0 Å². The van der Waals surface area contributed by atoms with E-state index in [9.17, 15) is 0 Å². The third kappa shape index (κ3) is 4.23. The lowest BCUT2D eigenvalue weighted by Crippen LogP contribution is -1.95. The van der Waals surface area contributed by atoms with Gasteiger partial charge in [0, 0.05) is 12.6 Å². The van der Waals surface area contributed by atoms with Crippen LogP contribution in [0.5, 0.6) is 0 Å². The molecule has 3 nitrogen and oxygen atoms in total. The van der Waals surface area contributed by atoms with Crippen molar-refractivity contribution in [2.75, 3.05) is 0 Å². The Balaban J connectivity index is 1.73. The van der Waals surface area contributed by atoms with Crippen molar-refractivity contribution >= 4 is 29.5 Å². The van der Waals surface area contributed by atoms with E-state index in [2.05, 4.69) is 85.1 Å². The van der Waals surface area contributed by atoms with Gasteiger partial charge in [0.25, 0.3) is 0 Å². The van der Waals surface area contributed by atoms with Crippen LogP contribution in [0.4, 0.5) is 11.4 Å². The summed E-state index contributed by atoms with van der Waals surface area (Å²) in [5.41, 5.74) is 7.51. The van der Waals surface area contributed by atoms with Crippen LogP contribution in [0.2, 0.25) is 0 Å². The van der Waals surface area contributed by atoms with Gasteiger partial charge >= 0.3 is 0 Å². The number of aryl methyl sites for hydroxylation is 2. The molecule has 3 heteroatoms. The fraction of sp³-hybridized carbons (Fsp3) is 0.261. The Kier molecular flexibility index (Phi) is 5.57. The molecule has 0 saturated carbocycles. The SMILES string of the molecule is Cc1cccc(C)c1N=CC1=CCC(C=Nc2ccccc2C(C)C)=N1. The number of aliphatic imine (C=N–C) groups is 3. The van der Waals surface area contributed by atoms with Crippen LogP contribution >= 0.6 is 0 Å². The summed E-state index contributed by atoms with van der Waals surface area (Å²) in [7, 11) is 0. The molecule has 0 aliphatic carbocycles. The van der Waals surface area contributed by atoms with Crippen LogP contribution in [0.1, 0.15) is 42.9 Å². The zero-order valence-electron chi connectivity index (χ0n) is 15.9. The van der Waals surface area contributed by atoms with Gasteiger partial charge in [-0.1, -0.05) is 56.3 Å². The number of para-hydroxylation sites is 2. The molecule has 0 N–H and O–H groups in total. The van der Waals surface area contributed by atoms with Gasteiger partial charge < -0.3 is 0 Å². The number of rotatable bonds is 5. The average Bonchev–Trinajstić information content (AvgIpc) is 3.07. The monoisotopic (exact) mass is 343 g/mol. The number of allylic oxidation sites excluding steroid dienone is 2. The van der Waals surface area contributed by atoms with E-state index in [0.717, 1.165) is 29.2 Å². The molecule has 0 amide bonds. The van der Waals surface area contributed by atoms with Crippen LogP contribution in [0.15, 0.2) is 69.2 Å². The van der Waals surface area contributed by atoms with Crippen molar-refractivity contribution in [1.29, 1.82) is 0 Å². The molecule has 2 aromatic carbocycles. The fourth-order valence-electron chi connectivity index (χ4n) is 3.01. The highest BCUT2D eigenvalue weighted by molar-refractivity contribution is 6.33. The number of benzene rings is 2. The molecule has 0 atom stereocenters. The van der Waals surface area contributed by atoms with Gasteiger partial charge in [-0.15, -0.1) is 0 Å². The number of hydrogen-bond donors (Lipinski definition) is 0. The first kappa shape index (κ1) is 18.0. The van der Waals surface area contributed by atoms with Crippen LogP contribution in [-0.2, 0) is 0 Å². The zero-order chi connectivity index (χ0) is 18.5. The highest BCUT2D eigenvalue weighted by Crippen LogP contribution is 2.26. The molecule has 1 aliphatic rings. The van der Waals surface area contributed by atoms with Crippen molar-refractivity contribution < 1.29 is 0 Å². The molecule has 0 spiro atoms. The summed E-state index contributed by atoms with van der Waals surface area (Å²) in [6, 6.07) is 14.5. The van der Waals surface area contributed by atoms with Crippen LogP contribution in [0.25, 0.3) is 0 Å². The molecular formula is C23H25N3. The molecule has 3 rings (SSSR count). The second-order valence-corrected chi connectivity index (χ2v) is 6.91. The molecule has 0 saturated heterocycles. The Morgan fingerprint density at radius 3 is 2.38 bits per heavy atom. The number of hydrogen-bond acceptors (Lipinski definition) is 3. The molecule has 0 aromatic heterocycles. The maximum atomic E-state index is 4.66. The van der Waals surface area contributed by atoms with E-state index < -0.39 is 0 Å². The van der Waals surface area contributed by atoms with E-state index in [-0.39, 0.29) is 0 Å². The maximum absolute atomic E-state index is 4.66. The highest BCUT2D eigenvalue weighted by Gasteiger charge is 2.07. The van der Waals surface area contributed by atoms with Gasteiger partial charge in [0.2, 0.25) is 0 Å². The van der Waals surface area contributed by atoms with Gasteiger partial charge in [-0.25, -0.2) is 0 Å². The summed E-state index contributed by atoms with van der Waals surface area (Å²) in [4.78, 5) is 13.9. The van der Waals surface area contributed by atoms with Crippen molar-refractivity contribution in [3.05, 3.63) is 70.9 Å². The van der Waals surface area contributed by atoms with Crippen molar-refractivity contribution in [3.63, 3.8) is 0 Å². The summed E-state index contributed by atoms with van der Waals surface area (Å²) in [5, 5.41) is 0. The molecule has 132 valence electrons. The van der Waals surface area contributed by atoms with Gasteiger partial charge in [-0.3, -0.25) is 15.0 Å². The molecule has 2 aromatic rings. The first-order chi connectivity index (χ1) is 12.5.